The Morgan fingerprint density at radius 1 is 1.31 bits per heavy atom. The molecule has 0 spiro atoms. The van der Waals surface area contributed by atoms with Gasteiger partial charge in [0, 0.05) is 13.2 Å². The van der Waals surface area contributed by atoms with E-state index in [2.05, 4.69) is 15.2 Å². The first-order valence-corrected chi connectivity index (χ1v) is 4.04. The van der Waals surface area contributed by atoms with E-state index < -0.39 is 0 Å². The van der Waals surface area contributed by atoms with Gasteiger partial charge in [-0.1, -0.05) is 6.07 Å². The molecule has 0 radical (unpaired) electrons. The lowest BCUT2D eigenvalue weighted by molar-refractivity contribution is 0.913. The van der Waals surface area contributed by atoms with Crippen LogP contribution in [0, 0.1) is 6.92 Å². The Bertz CT molecular complexity index is 402. The number of aromatic nitrogens is 4. The van der Waals surface area contributed by atoms with Crippen LogP contribution in [0.15, 0.2) is 24.7 Å². The van der Waals surface area contributed by atoms with Crippen molar-refractivity contribution in [1.29, 1.82) is 0 Å². The molecule has 0 amide bonds. The summed E-state index contributed by atoms with van der Waals surface area (Å²) in [5.41, 5.74) is 2.00. The van der Waals surface area contributed by atoms with E-state index in [1.54, 1.807) is 6.33 Å². The van der Waals surface area contributed by atoms with E-state index in [-0.39, 0.29) is 0 Å². The fourth-order valence-corrected chi connectivity index (χ4v) is 1.12. The molecule has 13 heavy (non-hydrogen) atoms. The summed E-state index contributed by atoms with van der Waals surface area (Å²) in [4.78, 5) is 4.26. The maximum atomic E-state index is 4.26. The Morgan fingerprint density at radius 2 is 2.15 bits per heavy atom. The summed E-state index contributed by atoms with van der Waals surface area (Å²) in [6.45, 7) is 2.01. The van der Waals surface area contributed by atoms with E-state index >= 15 is 0 Å². The Labute approximate surface area is 76.3 Å². The molecule has 0 saturated heterocycles. The predicted octanol–water partition coefficient (Wildman–Crippen LogP) is 1.19. The molecule has 0 aromatic carbocycles. The van der Waals surface area contributed by atoms with Gasteiger partial charge in [0.05, 0.1) is 0 Å². The Hall–Kier alpha value is -1.71. The van der Waals surface area contributed by atoms with Crippen LogP contribution in [-0.4, -0.2) is 19.7 Å². The van der Waals surface area contributed by atoms with Gasteiger partial charge in [-0.2, -0.15) is 0 Å². The third-order valence-electron chi connectivity index (χ3n) is 1.85. The SMILES string of the molecule is Cc1ccc(-c2nncn2C)nc1. The molecule has 0 aliphatic rings. The smallest absolute Gasteiger partial charge is 0.182 e. The third kappa shape index (κ3) is 1.42. The molecule has 0 N–H and O–H groups in total. The van der Waals surface area contributed by atoms with E-state index in [0.29, 0.717) is 0 Å². The quantitative estimate of drug-likeness (QED) is 0.652. The Kier molecular flexibility index (Phi) is 1.81. The zero-order chi connectivity index (χ0) is 9.26. The van der Waals surface area contributed by atoms with Gasteiger partial charge in [-0.3, -0.25) is 4.98 Å². The molecule has 0 saturated carbocycles. The van der Waals surface area contributed by atoms with Crippen molar-refractivity contribution in [2.45, 2.75) is 6.92 Å². The second kappa shape index (κ2) is 2.97. The third-order valence-corrected chi connectivity index (χ3v) is 1.85. The van der Waals surface area contributed by atoms with Crippen LogP contribution in [0.2, 0.25) is 0 Å². The van der Waals surface area contributed by atoms with Gasteiger partial charge in [-0.15, -0.1) is 10.2 Å². The zero-order valence-corrected chi connectivity index (χ0v) is 7.60. The highest BCUT2D eigenvalue weighted by atomic mass is 15.3. The number of aryl methyl sites for hydroxylation is 2. The summed E-state index contributed by atoms with van der Waals surface area (Å²) < 4.78 is 1.84. The van der Waals surface area contributed by atoms with Crippen LogP contribution in [0.1, 0.15) is 5.56 Å². The summed E-state index contributed by atoms with van der Waals surface area (Å²) in [6, 6.07) is 3.95. The van der Waals surface area contributed by atoms with E-state index in [0.717, 1.165) is 17.1 Å². The average molecular weight is 174 g/mol. The minimum atomic E-state index is 0.792. The topological polar surface area (TPSA) is 43.6 Å². The van der Waals surface area contributed by atoms with Crippen LogP contribution in [0.5, 0.6) is 0 Å². The fourth-order valence-electron chi connectivity index (χ4n) is 1.12. The van der Waals surface area contributed by atoms with Crippen LogP contribution in [0.25, 0.3) is 11.5 Å². The zero-order valence-electron chi connectivity index (χ0n) is 7.60. The van der Waals surface area contributed by atoms with Crippen molar-refractivity contribution in [2.24, 2.45) is 7.05 Å². The molecule has 0 aliphatic carbocycles. The highest BCUT2D eigenvalue weighted by Gasteiger charge is 2.04. The van der Waals surface area contributed by atoms with Gasteiger partial charge < -0.3 is 4.57 Å². The summed E-state index contributed by atoms with van der Waals surface area (Å²) in [5.74, 6) is 0.792. The molecule has 0 bridgehead atoms. The molecule has 0 atom stereocenters. The Balaban J connectivity index is 2.47. The first kappa shape index (κ1) is 7.91. The van der Waals surface area contributed by atoms with Gasteiger partial charge in [-0.25, -0.2) is 0 Å². The van der Waals surface area contributed by atoms with Crippen molar-refractivity contribution in [3.63, 3.8) is 0 Å². The normalized spacial score (nSPS) is 10.3. The monoisotopic (exact) mass is 174 g/mol. The van der Waals surface area contributed by atoms with Crippen molar-refractivity contribution >= 4 is 0 Å². The van der Waals surface area contributed by atoms with Crippen molar-refractivity contribution in [2.75, 3.05) is 0 Å². The van der Waals surface area contributed by atoms with E-state index in [4.69, 9.17) is 0 Å². The number of hydrogen-bond acceptors (Lipinski definition) is 3. The largest absolute Gasteiger partial charge is 0.315 e. The summed E-state index contributed by atoms with van der Waals surface area (Å²) in [6.07, 6.45) is 3.49. The number of nitrogens with zero attached hydrogens (tertiary/aromatic N) is 4. The molecule has 2 aromatic rings. The van der Waals surface area contributed by atoms with Gasteiger partial charge in [-0.05, 0) is 18.6 Å². The lowest BCUT2D eigenvalue weighted by atomic mass is 10.3. The van der Waals surface area contributed by atoms with Crippen molar-refractivity contribution in [3.05, 3.63) is 30.2 Å². The first-order chi connectivity index (χ1) is 6.27. The molecule has 66 valence electrons. The lowest BCUT2D eigenvalue weighted by Crippen LogP contribution is -1.93. The first-order valence-electron chi connectivity index (χ1n) is 4.04. The Morgan fingerprint density at radius 3 is 2.69 bits per heavy atom. The number of rotatable bonds is 1. The van der Waals surface area contributed by atoms with E-state index in [9.17, 15) is 0 Å². The molecule has 0 unspecified atom stereocenters. The molecule has 2 aromatic heterocycles. The van der Waals surface area contributed by atoms with Crippen LogP contribution >= 0.6 is 0 Å². The molecule has 2 heterocycles. The van der Waals surface area contributed by atoms with Crippen LogP contribution in [0.4, 0.5) is 0 Å². The summed E-state index contributed by atoms with van der Waals surface area (Å²) in [5, 5.41) is 7.76. The van der Waals surface area contributed by atoms with Crippen LogP contribution in [0.3, 0.4) is 0 Å². The van der Waals surface area contributed by atoms with Gasteiger partial charge >= 0.3 is 0 Å². The molecule has 0 aliphatic heterocycles. The molecular formula is C9H10N4. The van der Waals surface area contributed by atoms with Gasteiger partial charge in [0.1, 0.15) is 12.0 Å². The minimum absolute atomic E-state index is 0.792. The van der Waals surface area contributed by atoms with Gasteiger partial charge in [0.2, 0.25) is 0 Å². The summed E-state index contributed by atoms with van der Waals surface area (Å²) in [7, 11) is 1.90. The van der Waals surface area contributed by atoms with E-state index in [1.165, 1.54) is 0 Å². The van der Waals surface area contributed by atoms with Gasteiger partial charge in [0.15, 0.2) is 5.82 Å². The van der Waals surface area contributed by atoms with Crippen molar-refractivity contribution < 1.29 is 0 Å². The second-order valence-electron chi connectivity index (χ2n) is 2.99. The molecule has 0 fully saturated rings. The van der Waals surface area contributed by atoms with E-state index in [1.807, 2.05) is 36.9 Å². The second-order valence-corrected chi connectivity index (χ2v) is 2.99. The highest BCUT2D eigenvalue weighted by molar-refractivity contribution is 5.48. The van der Waals surface area contributed by atoms with Crippen LogP contribution in [-0.2, 0) is 7.05 Å². The molecule has 4 nitrogen and oxygen atoms in total. The highest BCUT2D eigenvalue weighted by Crippen LogP contribution is 2.11. The fraction of sp³-hybridized carbons (Fsp3) is 0.222. The maximum Gasteiger partial charge on any atom is 0.182 e. The standard InChI is InChI=1S/C9H10N4/c1-7-3-4-8(10-5-7)9-12-11-6-13(9)2/h3-6H,1-2H3. The molecule has 4 heteroatoms. The predicted molar refractivity (Wildman–Crippen MR) is 49.0 cm³/mol. The minimum Gasteiger partial charge on any atom is -0.315 e. The van der Waals surface area contributed by atoms with Crippen LogP contribution < -0.4 is 0 Å². The summed E-state index contributed by atoms with van der Waals surface area (Å²) >= 11 is 0. The lowest BCUT2D eigenvalue weighted by Gasteiger charge is -1.98. The number of pyridine rings is 1. The molecule has 2 rings (SSSR count). The number of hydrogen-bond donors (Lipinski definition) is 0. The maximum absolute atomic E-state index is 4.26. The van der Waals surface area contributed by atoms with Gasteiger partial charge in [0.25, 0.3) is 0 Å². The van der Waals surface area contributed by atoms with Crippen molar-refractivity contribution in [3.8, 4) is 11.5 Å². The average Bonchev–Trinajstić information content (AvgIpc) is 2.53. The molecular weight excluding hydrogens is 164 g/mol. The van der Waals surface area contributed by atoms with Crippen molar-refractivity contribution in [1.82, 2.24) is 19.7 Å².